The molecule has 0 radical (unpaired) electrons. The third-order valence-electron chi connectivity index (χ3n) is 3.03. The normalized spacial score (nSPS) is 13.6. The maximum absolute atomic E-state index is 5.49. The first-order valence-corrected chi connectivity index (χ1v) is 10.3. The van der Waals surface area contributed by atoms with E-state index < -0.39 is 8.07 Å². The van der Waals surface area contributed by atoms with Crippen LogP contribution in [0.5, 0.6) is 0 Å². The zero-order valence-corrected chi connectivity index (χ0v) is 13.4. The third-order valence-corrected chi connectivity index (χ3v) is 5.10. The lowest BCUT2D eigenvalue weighted by molar-refractivity contribution is 0.0759. The van der Waals surface area contributed by atoms with Crippen molar-refractivity contribution in [2.24, 2.45) is 0 Å². The van der Waals surface area contributed by atoms with Crippen LogP contribution in [0.25, 0.3) is 0 Å². The molecule has 0 aliphatic carbocycles. The highest BCUT2D eigenvalue weighted by Crippen LogP contribution is 2.04. The van der Waals surface area contributed by atoms with Crippen LogP contribution in [0.4, 0.5) is 0 Å². The van der Waals surface area contributed by atoms with E-state index in [-0.39, 0.29) is 6.10 Å². The molecule has 1 rings (SSSR count). The van der Waals surface area contributed by atoms with Gasteiger partial charge in [-0.15, -0.1) is 0 Å². The van der Waals surface area contributed by atoms with Crippen molar-refractivity contribution in [1.29, 1.82) is 0 Å². The van der Waals surface area contributed by atoms with E-state index in [2.05, 4.69) is 56.1 Å². The third kappa shape index (κ3) is 5.34. The average Bonchev–Trinajstić information content (AvgIpc) is 2.29. The summed E-state index contributed by atoms with van der Waals surface area (Å²) >= 11 is 0. The van der Waals surface area contributed by atoms with Gasteiger partial charge in [-0.25, -0.2) is 0 Å². The van der Waals surface area contributed by atoms with Gasteiger partial charge in [0.1, 0.15) is 0 Å². The van der Waals surface area contributed by atoms with E-state index in [1.54, 1.807) is 0 Å². The molecule has 0 bridgehead atoms. The molecular weight excluding hydrogens is 238 g/mol. The average molecular weight is 265 g/mol. The number of nitrogens with one attached hydrogen (secondary N) is 1. The lowest BCUT2D eigenvalue weighted by atomic mass is 10.2. The Morgan fingerprint density at radius 3 is 2.28 bits per heavy atom. The first kappa shape index (κ1) is 15.4. The Kier molecular flexibility index (Phi) is 6.06. The smallest absolute Gasteiger partial charge is 0.0775 e. The van der Waals surface area contributed by atoms with Gasteiger partial charge in [0.15, 0.2) is 0 Å². The number of hydrogen-bond donors (Lipinski definition) is 1. The van der Waals surface area contributed by atoms with Gasteiger partial charge < -0.3 is 10.1 Å². The zero-order valence-electron chi connectivity index (χ0n) is 12.4. The van der Waals surface area contributed by atoms with Crippen molar-refractivity contribution in [3.8, 4) is 0 Å². The van der Waals surface area contributed by atoms with Crippen molar-refractivity contribution in [2.45, 2.75) is 46.1 Å². The van der Waals surface area contributed by atoms with Crippen molar-refractivity contribution >= 4 is 13.3 Å². The van der Waals surface area contributed by atoms with Crippen molar-refractivity contribution < 1.29 is 4.74 Å². The SMILES string of the molecule is CCOC(C)CNCc1ccc([Si](C)(C)C)cc1. The van der Waals surface area contributed by atoms with Crippen LogP contribution in [0.2, 0.25) is 19.6 Å². The van der Waals surface area contributed by atoms with E-state index in [1.807, 2.05) is 6.92 Å². The summed E-state index contributed by atoms with van der Waals surface area (Å²) in [5.74, 6) is 0. The van der Waals surface area contributed by atoms with Crippen molar-refractivity contribution in [3.63, 3.8) is 0 Å². The van der Waals surface area contributed by atoms with Crippen LogP contribution in [0.15, 0.2) is 24.3 Å². The topological polar surface area (TPSA) is 21.3 Å². The van der Waals surface area contributed by atoms with Crippen LogP contribution in [0.3, 0.4) is 0 Å². The van der Waals surface area contributed by atoms with E-state index in [9.17, 15) is 0 Å². The predicted octanol–water partition coefficient (Wildman–Crippen LogP) is 2.75. The molecule has 0 aliphatic rings. The second-order valence-electron chi connectivity index (χ2n) is 5.84. The van der Waals surface area contributed by atoms with Crippen molar-refractivity contribution in [1.82, 2.24) is 5.32 Å². The summed E-state index contributed by atoms with van der Waals surface area (Å²) in [4.78, 5) is 0. The lowest BCUT2D eigenvalue weighted by Crippen LogP contribution is -2.37. The van der Waals surface area contributed by atoms with Gasteiger partial charge in [-0.05, 0) is 19.4 Å². The van der Waals surface area contributed by atoms with Gasteiger partial charge in [0, 0.05) is 19.7 Å². The van der Waals surface area contributed by atoms with Crippen LogP contribution in [0, 0.1) is 0 Å². The molecule has 1 aromatic rings. The molecule has 0 saturated carbocycles. The van der Waals surface area contributed by atoms with Crippen LogP contribution >= 0.6 is 0 Å². The van der Waals surface area contributed by atoms with E-state index >= 15 is 0 Å². The monoisotopic (exact) mass is 265 g/mol. The number of benzene rings is 1. The Morgan fingerprint density at radius 2 is 1.78 bits per heavy atom. The van der Waals surface area contributed by atoms with E-state index in [1.165, 1.54) is 10.8 Å². The summed E-state index contributed by atoms with van der Waals surface area (Å²) in [7, 11) is -1.16. The van der Waals surface area contributed by atoms with Gasteiger partial charge in [0.2, 0.25) is 0 Å². The number of rotatable bonds is 7. The maximum atomic E-state index is 5.49. The number of ether oxygens (including phenoxy) is 1. The van der Waals surface area contributed by atoms with Crippen LogP contribution < -0.4 is 10.5 Å². The number of hydrogen-bond acceptors (Lipinski definition) is 2. The van der Waals surface area contributed by atoms with Crippen LogP contribution in [0.1, 0.15) is 19.4 Å². The maximum Gasteiger partial charge on any atom is 0.0775 e. The molecule has 2 nitrogen and oxygen atoms in total. The first-order valence-electron chi connectivity index (χ1n) is 6.85. The Hall–Kier alpha value is -0.643. The Balaban J connectivity index is 2.40. The van der Waals surface area contributed by atoms with Crippen molar-refractivity contribution in [2.75, 3.05) is 13.2 Å². The highest BCUT2D eigenvalue weighted by atomic mass is 28.3. The highest BCUT2D eigenvalue weighted by molar-refractivity contribution is 6.88. The fourth-order valence-electron chi connectivity index (χ4n) is 1.89. The minimum absolute atomic E-state index is 0.288. The molecule has 0 heterocycles. The summed E-state index contributed by atoms with van der Waals surface area (Å²) in [6.45, 7) is 13.9. The molecule has 1 atom stereocenters. The fourth-order valence-corrected chi connectivity index (χ4v) is 3.05. The first-order chi connectivity index (χ1) is 8.43. The summed E-state index contributed by atoms with van der Waals surface area (Å²) in [6, 6.07) is 9.06. The second-order valence-corrected chi connectivity index (χ2v) is 10.9. The predicted molar refractivity (Wildman–Crippen MR) is 82.2 cm³/mol. The summed E-state index contributed by atoms with van der Waals surface area (Å²) < 4.78 is 5.49. The van der Waals surface area contributed by atoms with Gasteiger partial charge >= 0.3 is 0 Å². The lowest BCUT2D eigenvalue weighted by Gasteiger charge is -2.17. The van der Waals surface area contributed by atoms with Crippen LogP contribution in [-0.2, 0) is 11.3 Å². The van der Waals surface area contributed by atoms with Gasteiger partial charge in [-0.2, -0.15) is 0 Å². The van der Waals surface area contributed by atoms with Gasteiger partial charge in [0.25, 0.3) is 0 Å². The standard InChI is InChI=1S/C15H27NOSi/c1-6-17-13(2)11-16-12-14-7-9-15(10-8-14)18(3,4)5/h7-10,13,16H,6,11-12H2,1-5H3. The molecular formula is C15H27NOSi. The quantitative estimate of drug-likeness (QED) is 0.766. The summed E-state index contributed by atoms with van der Waals surface area (Å²) in [6.07, 6.45) is 0.288. The summed E-state index contributed by atoms with van der Waals surface area (Å²) in [5.41, 5.74) is 1.35. The Labute approximate surface area is 113 Å². The molecule has 18 heavy (non-hydrogen) atoms. The van der Waals surface area contributed by atoms with Crippen molar-refractivity contribution in [3.05, 3.63) is 29.8 Å². The molecule has 3 heteroatoms. The molecule has 1 aromatic carbocycles. The Morgan fingerprint density at radius 1 is 1.17 bits per heavy atom. The molecule has 0 aromatic heterocycles. The van der Waals surface area contributed by atoms with Gasteiger partial charge in [0.05, 0.1) is 14.2 Å². The molecule has 1 unspecified atom stereocenters. The van der Waals surface area contributed by atoms with E-state index in [0.717, 1.165) is 19.7 Å². The highest BCUT2D eigenvalue weighted by Gasteiger charge is 2.15. The van der Waals surface area contributed by atoms with Crippen LogP contribution in [-0.4, -0.2) is 27.3 Å². The second kappa shape index (κ2) is 7.07. The van der Waals surface area contributed by atoms with E-state index in [0.29, 0.717) is 0 Å². The van der Waals surface area contributed by atoms with E-state index in [4.69, 9.17) is 4.74 Å². The van der Waals surface area contributed by atoms with Gasteiger partial charge in [-0.3, -0.25) is 0 Å². The molecule has 0 saturated heterocycles. The molecule has 102 valence electrons. The molecule has 0 aliphatic heterocycles. The summed E-state index contributed by atoms with van der Waals surface area (Å²) in [5, 5.41) is 4.95. The molecule has 0 fully saturated rings. The zero-order chi connectivity index (χ0) is 13.6. The minimum atomic E-state index is -1.16. The molecule has 0 spiro atoms. The van der Waals surface area contributed by atoms with Gasteiger partial charge in [-0.1, -0.05) is 49.1 Å². The molecule has 0 amide bonds. The molecule has 1 N–H and O–H groups in total. The fraction of sp³-hybridized carbons (Fsp3) is 0.600. The Bertz CT molecular complexity index is 343. The minimum Gasteiger partial charge on any atom is -0.377 e. The largest absolute Gasteiger partial charge is 0.377 e.